The molecule has 6 nitrogen and oxygen atoms in total. The molecule has 1 fully saturated rings. The van der Waals surface area contributed by atoms with E-state index in [9.17, 15) is 4.79 Å². The van der Waals surface area contributed by atoms with E-state index >= 15 is 0 Å². The largest absolute Gasteiger partial charge is 0.493 e. The summed E-state index contributed by atoms with van der Waals surface area (Å²) >= 11 is 0. The highest BCUT2D eigenvalue weighted by atomic mass is 16.7. The number of benzene rings is 2. The number of hydrogen-bond acceptors (Lipinski definition) is 5. The highest BCUT2D eigenvalue weighted by molar-refractivity contribution is 6.07. The van der Waals surface area contributed by atoms with Crippen molar-refractivity contribution in [1.82, 2.24) is 0 Å². The van der Waals surface area contributed by atoms with E-state index in [4.69, 9.17) is 18.9 Å². The van der Waals surface area contributed by atoms with Crippen molar-refractivity contribution in [1.29, 1.82) is 0 Å². The average molecular weight is 426 g/mol. The van der Waals surface area contributed by atoms with Crippen molar-refractivity contribution in [3.8, 4) is 11.5 Å². The predicted octanol–water partition coefficient (Wildman–Crippen LogP) is 4.63. The molecular formula is C25H31NO5. The summed E-state index contributed by atoms with van der Waals surface area (Å²) < 4.78 is 23.2. The SMILES string of the molecule is CCCCCOc1ccc(CN2C(=O)C3(OCCO3)c3cc(C)cc(C)c32)cc1OC. The molecule has 0 aliphatic carbocycles. The van der Waals surface area contributed by atoms with Gasteiger partial charge in [0.1, 0.15) is 0 Å². The van der Waals surface area contributed by atoms with Crippen LogP contribution < -0.4 is 14.4 Å². The van der Waals surface area contributed by atoms with Crippen LogP contribution in [0.2, 0.25) is 0 Å². The number of methoxy groups -OCH3 is 1. The van der Waals surface area contributed by atoms with E-state index < -0.39 is 5.79 Å². The zero-order valence-electron chi connectivity index (χ0n) is 18.8. The monoisotopic (exact) mass is 425 g/mol. The third kappa shape index (κ3) is 3.90. The zero-order chi connectivity index (χ0) is 22.0. The number of aryl methyl sites for hydroxylation is 2. The molecular weight excluding hydrogens is 394 g/mol. The lowest BCUT2D eigenvalue weighted by molar-refractivity contribution is -0.180. The van der Waals surface area contributed by atoms with Gasteiger partial charge in [0.2, 0.25) is 0 Å². The van der Waals surface area contributed by atoms with Crippen LogP contribution in [-0.4, -0.2) is 32.8 Å². The van der Waals surface area contributed by atoms with Gasteiger partial charge in [-0.3, -0.25) is 4.79 Å². The Balaban J connectivity index is 1.62. The smallest absolute Gasteiger partial charge is 0.292 e. The number of unbranched alkanes of at least 4 members (excludes halogenated alkanes) is 2. The van der Waals surface area contributed by atoms with Gasteiger partial charge in [0.05, 0.1) is 39.2 Å². The topological polar surface area (TPSA) is 57.2 Å². The van der Waals surface area contributed by atoms with E-state index in [1.54, 1.807) is 12.0 Å². The molecule has 4 rings (SSSR count). The zero-order valence-corrected chi connectivity index (χ0v) is 18.8. The standard InChI is InChI=1S/C25H31NO5/c1-5-6-7-10-29-21-9-8-19(15-22(21)28-4)16-26-23-18(3)13-17(2)14-20(23)25(24(26)27)30-11-12-31-25/h8-9,13-15H,5-7,10-12,16H2,1-4H3. The molecule has 0 unspecified atom stereocenters. The number of rotatable bonds is 8. The maximum Gasteiger partial charge on any atom is 0.292 e. The number of nitrogens with zero attached hydrogens (tertiary/aromatic N) is 1. The lowest BCUT2D eigenvalue weighted by Crippen LogP contribution is -2.41. The van der Waals surface area contributed by atoms with E-state index in [0.717, 1.165) is 53.0 Å². The van der Waals surface area contributed by atoms with E-state index in [-0.39, 0.29) is 5.91 Å². The molecule has 1 spiro atoms. The van der Waals surface area contributed by atoms with Crippen molar-refractivity contribution in [2.24, 2.45) is 0 Å². The van der Waals surface area contributed by atoms with Crippen molar-refractivity contribution in [3.05, 3.63) is 52.6 Å². The number of anilines is 1. The van der Waals surface area contributed by atoms with Crippen LogP contribution in [0.5, 0.6) is 11.5 Å². The Bertz CT molecular complexity index is 965. The molecule has 2 aromatic carbocycles. The Morgan fingerprint density at radius 1 is 1.06 bits per heavy atom. The minimum atomic E-state index is -1.32. The molecule has 166 valence electrons. The molecule has 0 atom stereocenters. The maximum absolute atomic E-state index is 13.5. The van der Waals surface area contributed by atoms with Crippen LogP contribution in [0.25, 0.3) is 0 Å². The first-order valence-corrected chi connectivity index (χ1v) is 11.0. The summed E-state index contributed by atoms with van der Waals surface area (Å²) in [4.78, 5) is 15.3. The minimum Gasteiger partial charge on any atom is -0.493 e. The fourth-order valence-corrected chi connectivity index (χ4v) is 4.45. The molecule has 0 saturated carbocycles. The highest BCUT2D eigenvalue weighted by Crippen LogP contribution is 2.48. The van der Waals surface area contributed by atoms with E-state index in [0.29, 0.717) is 32.1 Å². The molecule has 0 N–H and O–H groups in total. The summed E-state index contributed by atoms with van der Waals surface area (Å²) in [5.74, 6) is -0.100. The summed E-state index contributed by atoms with van der Waals surface area (Å²) in [7, 11) is 1.64. The number of carbonyl (C=O) groups excluding carboxylic acids is 1. The molecule has 2 aliphatic rings. The van der Waals surface area contributed by atoms with Crippen LogP contribution >= 0.6 is 0 Å². The minimum absolute atomic E-state index is 0.174. The second-order valence-electron chi connectivity index (χ2n) is 8.22. The summed E-state index contributed by atoms with van der Waals surface area (Å²) in [6.07, 6.45) is 3.31. The number of hydrogen-bond donors (Lipinski definition) is 0. The van der Waals surface area contributed by atoms with Gasteiger partial charge in [-0.1, -0.05) is 37.5 Å². The summed E-state index contributed by atoms with van der Waals surface area (Å²) in [6.45, 7) is 8.09. The first kappa shape index (κ1) is 21.7. The summed E-state index contributed by atoms with van der Waals surface area (Å²) in [5, 5.41) is 0. The van der Waals surface area contributed by atoms with Gasteiger partial charge in [-0.15, -0.1) is 0 Å². The third-order valence-corrected chi connectivity index (χ3v) is 5.86. The summed E-state index contributed by atoms with van der Waals surface area (Å²) in [5.41, 5.74) is 4.73. The summed E-state index contributed by atoms with van der Waals surface area (Å²) in [6, 6.07) is 9.92. The van der Waals surface area contributed by atoms with Gasteiger partial charge in [0.15, 0.2) is 11.5 Å². The lowest BCUT2D eigenvalue weighted by atomic mass is 10.0. The lowest BCUT2D eigenvalue weighted by Gasteiger charge is -2.22. The number of ether oxygens (including phenoxy) is 4. The quantitative estimate of drug-likeness (QED) is 0.578. The first-order chi connectivity index (χ1) is 15.0. The Labute approximate surface area is 184 Å². The van der Waals surface area contributed by atoms with Crippen LogP contribution in [0, 0.1) is 13.8 Å². The molecule has 1 saturated heterocycles. The molecule has 31 heavy (non-hydrogen) atoms. The molecule has 2 aromatic rings. The number of amides is 1. The van der Waals surface area contributed by atoms with Crippen LogP contribution in [0.4, 0.5) is 5.69 Å². The molecule has 1 amide bonds. The van der Waals surface area contributed by atoms with E-state index in [1.165, 1.54) is 0 Å². The van der Waals surface area contributed by atoms with Crippen LogP contribution in [0.15, 0.2) is 30.3 Å². The second kappa shape index (κ2) is 8.89. The molecule has 0 radical (unpaired) electrons. The highest BCUT2D eigenvalue weighted by Gasteiger charge is 2.56. The molecule has 2 heterocycles. The van der Waals surface area contributed by atoms with Gasteiger partial charge in [0.25, 0.3) is 11.7 Å². The van der Waals surface area contributed by atoms with Crippen molar-refractivity contribution >= 4 is 11.6 Å². The average Bonchev–Trinajstić information content (AvgIpc) is 3.33. The fraction of sp³-hybridized carbons (Fsp3) is 0.480. The Kier molecular flexibility index (Phi) is 6.21. The molecule has 0 aromatic heterocycles. The van der Waals surface area contributed by atoms with Crippen molar-refractivity contribution in [2.75, 3.05) is 31.8 Å². The van der Waals surface area contributed by atoms with Gasteiger partial charge in [-0.2, -0.15) is 0 Å². The maximum atomic E-state index is 13.5. The molecule has 2 aliphatic heterocycles. The Hall–Kier alpha value is -2.57. The second-order valence-corrected chi connectivity index (χ2v) is 8.22. The van der Waals surface area contributed by atoms with Gasteiger partial charge in [-0.05, 0) is 49.6 Å². The van der Waals surface area contributed by atoms with Gasteiger partial charge < -0.3 is 23.8 Å². The Morgan fingerprint density at radius 3 is 2.55 bits per heavy atom. The van der Waals surface area contributed by atoms with Gasteiger partial charge >= 0.3 is 0 Å². The normalized spacial score (nSPS) is 16.8. The first-order valence-electron chi connectivity index (χ1n) is 11.0. The Morgan fingerprint density at radius 2 is 1.84 bits per heavy atom. The van der Waals surface area contributed by atoms with E-state index in [1.807, 2.05) is 38.1 Å². The van der Waals surface area contributed by atoms with E-state index in [2.05, 4.69) is 13.0 Å². The van der Waals surface area contributed by atoms with Crippen LogP contribution in [0.1, 0.15) is 48.4 Å². The van der Waals surface area contributed by atoms with Crippen molar-refractivity contribution < 1.29 is 23.7 Å². The molecule has 6 heteroatoms. The van der Waals surface area contributed by atoms with Crippen LogP contribution in [0.3, 0.4) is 0 Å². The van der Waals surface area contributed by atoms with Crippen molar-refractivity contribution in [3.63, 3.8) is 0 Å². The number of carbonyl (C=O) groups is 1. The fourth-order valence-electron chi connectivity index (χ4n) is 4.45. The van der Waals surface area contributed by atoms with Gasteiger partial charge in [0, 0.05) is 5.56 Å². The van der Waals surface area contributed by atoms with Gasteiger partial charge in [-0.25, -0.2) is 0 Å². The van der Waals surface area contributed by atoms with Crippen LogP contribution in [-0.2, 0) is 26.6 Å². The number of fused-ring (bicyclic) bond motifs is 2. The third-order valence-electron chi connectivity index (χ3n) is 5.86. The molecule has 0 bridgehead atoms. The predicted molar refractivity (Wildman–Crippen MR) is 119 cm³/mol. The van der Waals surface area contributed by atoms with Crippen molar-refractivity contribution in [2.45, 2.75) is 52.4 Å².